The Morgan fingerprint density at radius 2 is 1.65 bits per heavy atom. The van der Waals surface area contributed by atoms with Gasteiger partial charge in [-0.1, -0.05) is 36.4 Å². The van der Waals surface area contributed by atoms with E-state index < -0.39 is 17.8 Å². The summed E-state index contributed by atoms with van der Waals surface area (Å²) in [6, 6.07) is 12.4. The van der Waals surface area contributed by atoms with Crippen LogP contribution < -0.4 is 4.90 Å². The third kappa shape index (κ3) is 4.12. The maximum Gasteiger partial charge on any atom is 0.416 e. The molecule has 0 spiro atoms. The lowest BCUT2D eigenvalue weighted by Gasteiger charge is -2.36. The minimum absolute atomic E-state index is 0.0422. The molecular formula is C22H21F3N4O2. The van der Waals surface area contributed by atoms with Crippen LogP contribution in [-0.2, 0) is 6.18 Å². The van der Waals surface area contributed by atoms with Crippen molar-refractivity contribution in [2.75, 3.05) is 25.0 Å². The van der Waals surface area contributed by atoms with Crippen molar-refractivity contribution >= 4 is 22.7 Å². The van der Waals surface area contributed by atoms with Crippen molar-refractivity contribution in [3.8, 4) is 11.3 Å². The lowest BCUT2D eigenvalue weighted by molar-refractivity contribution is -0.137. The molecule has 0 radical (unpaired) electrons. The van der Waals surface area contributed by atoms with E-state index >= 15 is 0 Å². The van der Waals surface area contributed by atoms with Crippen LogP contribution in [0.4, 0.5) is 23.8 Å². The molecule has 1 aliphatic heterocycles. The molecule has 2 heterocycles. The minimum atomic E-state index is -4.39. The number of carbonyl (C=O) groups is 1. The largest absolute Gasteiger partial charge is 0.465 e. The molecule has 1 fully saturated rings. The van der Waals surface area contributed by atoms with Gasteiger partial charge in [0.25, 0.3) is 0 Å². The Morgan fingerprint density at radius 1 is 1.03 bits per heavy atom. The molecule has 31 heavy (non-hydrogen) atoms. The van der Waals surface area contributed by atoms with E-state index in [4.69, 9.17) is 0 Å². The molecule has 1 amide bonds. The SMILES string of the molecule is CN(C(=O)O)C1CCN(c2nnc(-c3ccc(C(F)(F)F)cc3)c3ccccc23)CC1. The van der Waals surface area contributed by atoms with Gasteiger partial charge in [0.2, 0.25) is 0 Å². The van der Waals surface area contributed by atoms with Crippen LogP contribution in [0.5, 0.6) is 0 Å². The maximum atomic E-state index is 12.9. The summed E-state index contributed by atoms with van der Waals surface area (Å²) >= 11 is 0. The first-order chi connectivity index (χ1) is 14.8. The molecule has 6 nitrogen and oxygen atoms in total. The van der Waals surface area contributed by atoms with Gasteiger partial charge < -0.3 is 14.9 Å². The van der Waals surface area contributed by atoms with Crippen molar-refractivity contribution in [1.29, 1.82) is 0 Å². The molecule has 1 N–H and O–H groups in total. The highest BCUT2D eigenvalue weighted by molar-refractivity contribution is 6.00. The fraction of sp³-hybridized carbons (Fsp3) is 0.318. The third-order valence-electron chi connectivity index (χ3n) is 5.77. The molecule has 0 unspecified atom stereocenters. The Hall–Kier alpha value is -3.36. The van der Waals surface area contributed by atoms with Crippen molar-refractivity contribution in [1.82, 2.24) is 15.1 Å². The van der Waals surface area contributed by atoms with Crippen molar-refractivity contribution in [3.05, 3.63) is 54.1 Å². The fourth-order valence-electron chi connectivity index (χ4n) is 3.97. The Morgan fingerprint density at radius 3 is 2.23 bits per heavy atom. The van der Waals surface area contributed by atoms with Gasteiger partial charge in [-0.05, 0) is 25.0 Å². The Kier molecular flexibility index (Phi) is 5.43. The number of carboxylic acid groups (broad SMARTS) is 1. The molecule has 1 saturated heterocycles. The van der Waals surface area contributed by atoms with Crippen LogP contribution in [0.2, 0.25) is 0 Å². The van der Waals surface area contributed by atoms with Crippen LogP contribution in [0.15, 0.2) is 48.5 Å². The van der Waals surface area contributed by atoms with Crippen molar-refractivity contribution < 1.29 is 23.1 Å². The summed E-state index contributed by atoms with van der Waals surface area (Å²) in [7, 11) is 1.58. The number of hydrogen-bond acceptors (Lipinski definition) is 4. The van der Waals surface area contributed by atoms with Crippen LogP contribution in [0.3, 0.4) is 0 Å². The summed E-state index contributed by atoms with van der Waals surface area (Å²) in [4.78, 5) is 14.6. The molecule has 0 saturated carbocycles. The van der Waals surface area contributed by atoms with E-state index in [0.29, 0.717) is 43.0 Å². The van der Waals surface area contributed by atoms with E-state index in [1.165, 1.54) is 17.0 Å². The number of aromatic nitrogens is 2. The number of benzene rings is 2. The van der Waals surface area contributed by atoms with Crippen LogP contribution in [0.25, 0.3) is 22.0 Å². The monoisotopic (exact) mass is 430 g/mol. The average molecular weight is 430 g/mol. The number of fused-ring (bicyclic) bond motifs is 1. The van der Waals surface area contributed by atoms with Gasteiger partial charge >= 0.3 is 12.3 Å². The zero-order valence-electron chi connectivity index (χ0n) is 16.8. The maximum absolute atomic E-state index is 12.9. The smallest absolute Gasteiger partial charge is 0.416 e. The molecule has 162 valence electrons. The molecule has 0 atom stereocenters. The Bertz CT molecular complexity index is 1090. The second-order valence-corrected chi connectivity index (χ2v) is 7.60. The highest BCUT2D eigenvalue weighted by Crippen LogP contribution is 2.35. The van der Waals surface area contributed by atoms with Crippen LogP contribution in [-0.4, -0.2) is 52.5 Å². The predicted octanol–water partition coefficient (Wildman–Crippen LogP) is 4.89. The second-order valence-electron chi connectivity index (χ2n) is 7.60. The number of hydrogen-bond donors (Lipinski definition) is 1. The number of amides is 1. The summed E-state index contributed by atoms with van der Waals surface area (Å²) in [5.74, 6) is 0.697. The summed E-state index contributed by atoms with van der Waals surface area (Å²) in [6.07, 6.45) is -3.97. The van der Waals surface area contributed by atoms with Crippen LogP contribution in [0, 0.1) is 0 Å². The van der Waals surface area contributed by atoms with E-state index in [1.54, 1.807) is 7.05 Å². The lowest BCUT2D eigenvalue weighted by Crippen LogP contribution is -2.45. The number of nitrogens with zero attached hydrogens (tertiary/aromatic N) is 4. The number of piperidine rings is 1. The molecule has 1 aliphatic rings. The topological polar surface area (TPSA) is 69.6 Å². The van der Waals surface area contributed by atoms with Crippen LogP contribution in [0.1, 0.15) is 18.4 Å². The lowest BCUT2D eigenvalue weighted by atomic mass is 10.0. The Balaban J connectivity index is 1.64. The van der Waals surface area contributed by atoms with E-state index in [0.717, 1.165) is 22.9 Å². The van der Waals surface area contributed by atoms with E-state index in [-0.39, 0.29) is 6.04 Å². The van der Waals surface area contributed by atoms with Gasteiger partial charge in [-0.25, -0.2) is 4.79 Å². The molecule has 3 aromatic rings. The van der Waals surface area contributed by atoms with Crippen LogP contribution >= 0.6 is 0 Å². The fourth-order valence-corrected chi connectivity index (χ4v) is 3.97. The number of alkyl halides is 3. The molecule has 9 heteroatoms. The molecule has 1 aromatic heterocycles. The Labute approximate surface area is 176 Å². The summed E-state index contributed by atoms with van der Waals surface area (Å²) < 4.78 is 38.7. The number of rotatable bonds is 3. The van der Waals surface area contributed by atoms with Gasteiger partial charge in [0, 0.05) is 42.5 Å². The average Bonchev–Trinajstić information content (AvgIpc) is 2.77. The molecule has 2 aromatic carbocycles. The molecular weight excluding hydrogens is 409 g/mol. The van der Waals surface area contributed by atoms with Gasteiger partial charge in [0.1, 0.15) is 5.69 Å². The normalized spacial score (nSPS) is 15.3. The molecule has 0 aliphatic carbocycles. The van der Waals surface area contributed by atoms with Crippen molar-refractivity contribution in [2.45, 2.75) is 25.1 Å². The highest BCUT2D eigenvalue weighted by Gasteiger charge is 2.30. The number of anilines is 1. The van der Waals surface area contributed by atoms with Gasteiger partial charge in [-0.3, -0.25) is 0 Å². The first-order valence-electron chi connectivity index (χ1n) is 9.89. The molecule has 0 bridgehead atoms. The second kappa shape index (κ2) is 8.05. The van der Waals surface area contributed by atoms with Crippen molar-refractivity contribution in [2.24, 2.45) is 0 Å². The zero-order chi connectivity index (χ0) is 22.2. The van der Waals surface area contributed by atoms with Gasteiger partial charge in [-0.15, -0.1) is 10.2 Å². The number of halogens is 3. The first kappa shape index (κ1) is 20.9. The van der Waals surface area contributed by atoms with E-state index in [1.807, 2.05) is 24.3 Å². The third-order valence-corrected chi connectivity index (χ3v) is 5.77. The molecule has 4 rings (SSSR count). The van der Waals surface area contributed by atoms with Crippen molar-refractivity contribution in [3.63, 3.8) is 0 Å². The zero-order valence-corrected chi connectivity index (χ0v) is 16.8. The van der Waals surface area contributed by atoms with Gasteiger partial charge in [0.15, 0.2) is 5.82 Å². The highest BCUT2D eigenvalue weighted by atomic mass is 19.4. The predicted molar refractivity (Wildman–Crippen MR) is 111 cm³/mol. The summed E-state index contributed by atoms with van der Waals surface area (Å²) in [5, 5.41) is 19.6. The first-order valence-corrected chi connectivity index (χ1v) is 9.89. The van der Waals surface area contributed by atoms with Gasteiger partial charge in [0.05, 0.1) is 5.56 Å². The van der Waals surface area contributed by atoms with E-state index in [2.05, 4.69) is 15.1 Å². The summed E-state index contributed by atoms with van der Waals surface area (Å²) in [6.45, 7) is 1.28. The minimum Gasteiger partial charge on any atom is -0.465 e. The summed E-state index contributed by atoms with van der Waals surface area (Å²) in [5.41, 5.74) is 0.373. The standard InChI is InChI=1S/C22H21F3N4O2/c1-28(21(30)31)16-10-12-29(13-11-16)20-18-5-3-2-4-17(18)19(26-27-20)14-6-8-15(9-7-14)22(23,24)25/h2-9,16H,10-13H2,1H3,(H,30,31). The van der Waals surface area contributed by atoms with Gasteiger partial charge in [-0.2, -0.15) is 13.2 Å². The quantitative estimate of drug-likeness (QED) is 0.641. The van der Waals surface area contributed by atoms with E-state index in [9.17, 15) is 23.1 Å².